The first kappa shape index (κ1) is 17.8. The predicted molar refractivity (Wildman–Crippen MR) is 82.0 cm³/mol. The van der Waals surface area contributed by atoms with Crippen molar-refractivity contribution >= 4 is 40.8 Å². The van der Waals surface area contributed by atoms with Crippen LogP contribution in [0.3, 0.4) is 0 Å². The number of carbonyl (C=O) groups excluding carboxylic acids is 1. The fourth-order valence-corrected chi connectivity index (χ4v) is 1.87. The van der Waals surface area contributed by atoms with E-state index in [1.807, 2.05) is 6.92 Å². The predicted octanol–water partition coefficient (Wildman–Crippen LogP) is 3.46. The van der Waals surface area contributed by atoms with Crippen molar-refractivity contribution in [3.8, 4) is 6.07 Å². The third-order valence-corrected chi connectivity index (χ3v) is 3.04. The molecule has 1 aromatic carbocycles. The summed E-state index contributed by atoms with van der Waals surface area (Å²) >= 11 is 11.7. The lowest BCUT2D eigenvalue weighted by Gasteiger charge is -2.08. The number of nitrogens with zero attached hydrogens (tertiary/aromatic N) is 1. The van der Waals surface area contributed by atoms with Crippen LogP contribution in [0.25, 0.3) is 0 Å². The molecule has 0 bridgehead atoms. The molecule has 0 amide bonds. The van der Waals surface area contributed by atoms with E-state index in [1.54, 1.807) is 6.07 Å². The van der Waals surface area contributed by atoms with Gasteiger partial charge in [-0.05, 0) is 18.6 Å². The van der Waals surface area contributed by atoms with Gasteiger partial charge in [-0.25, -0.2) is 9.59 Å². The van der Waals surface area contributed by atoms with E-state index in [4.69, 9.17) is 38.3 Å². The van der Waals surface area contributed by atoms with Crippen LogP contribution in [0.4, 0.5) is 5.69 Å². The van der Waals surface area contributed by atoms with Crippen LogP contribution in [-0.4, -0.2) is 23.7 Å². The molecule has 6 nitrogen and oxygen atoms in total. The van der Waals surface area contributed by atoms with Gasteiger partial charge in [0.05, 0.1) is 22.9 Å². The Morgan fingerprint density at radius 1 is 1.45 bits per heavy atom. The van der Waals surface area contributed by atoms with Gasteiger partial charge in [-0.15, -0.1) is 0 Å². The summed E-state index contributed by atoms with van der Waals surface area (Å²) in [6.07, 6.45) is 1.71. The topological polar surface area (TPSA) is 99.4 Å². The SMILES string of the molecule is CCCOC(=O)C(C#N)=CNc1cc(Cl)cc(C(=O)O)c1Cl. The van der Waals surface area contributed by atoms with E-state index in [-0.39, 0.29) is 33.5 Å². The zero-order valence-corrected chi connectivity index (χ0v) is 13.0. The monoisotopic (exact) mass is 342 g/mol. The lowest BCUT2D eigenvalue weighted by molar-refractivity contribution is -0.138. The van der Waals surface area contributed by atoms with Crippen LogP contribution < -0.4 is 5.32 Å². The van der Waals surface area contributed by atoms with Crippen LogP contribution in [0.1, 0.15) is 23.7 Å². The van der Waals surface area contributed by atoms with E-state index < -0.39 is 11.9 Å². The third kappa shape index (κ3) is 4.65. The Labute approximate surface area is 136 Å². The fourth-order valence-electron chi connectivity index (χ4n) is 1.41. The molecule has 0 saturated carbocycles. The standard InChI is InChI=1S/C14H12Cl2N2O4/c1-2-3-22-14(21)8(6-17)7-18-11-5-9(15)4-10(12(11)16)13(19)20/h4-5,7,18H,2-3H2,1H3,(H,19,20). The summed E-state index contributed by atoms with van der Waals surface area (Å²) in [5.74, 6) is -2.03. The van der Waals surface area contributed by atoms with Gasteiger partial charge in [-0.1, -0.05) is 30.1 Å². The van der Waals surface area contributed by atoms with E-state index in [0.29, 0.717) is 6.42 Å². The molecule has 116 valence electrons. The molecule has 0 radical (unpaired) electrons. The number of anilines is 1. The molecule has 0 spiro atoms. The van der Waals surface area contributed by atoms with Crippen molar-refractivity contribution < 1.29 is 19.4 Å². The first-order chi connectivity index (χ1) is 10.4. The summed E-state index contributed by atoms with van der Waals surface area (Å²) in [7, 11) is 0. The summed E-state index contributed by atoms with van der Waals surface area (Å²) in [4.78, 5) is 22.6. The number of benzene rings is 1. The summed E-state index contributed by atoms with van der Waals surface area (Å²) in [5, 5.41) is 20.6. The highest BCUT2D eigenvalue weighted by Crippen LogP contribution is 2.30. The highest BCUT2D eigenvalue weighted by atomic mass is 35.5. The molecule has 0 aliphatic rings. The van der Waals surface area contributed by atoms with Crippen LogP contribution in [0.2, 0.25) is 10.0 Å². The van der Waals surface area contributed by atoms with Gasteiger partial charge < -0.3 is 15.2 Å². The fraction of sp³-hybridized carbons (Fsp3) is 0.214. The number of hydrogen-bond donors (Lipinski definition) is 2. The summed E-state index contributed by atoms with van der Waals surface area (Å²) in [5.41, 5.74) is -0.318. The van der Waals surface area contributed by atoms with Gasteiger partial charge >= 0.3 is 11.9 Å². The number of rotatable bonds is 6. The van der Waals surface area contributed by atoms with Crippen molar-refractivity contribution in [2.24, 2.45) is 0 Å². The molecule has 0 unspecified atom stereocenters. The average Bonchev–Trinajstić information content (AvgIpc) is 2.48. The molecule has 1 aromatic rings. The lowest BCUT2D eigenvalue weighted by atomic mass is 10.2. The number of halogens is 2. The summed E-state index contributed by atoms with van der Waals surface area (Å²) < 4.78 is 4.83. The van der Waals surface area contributed by atoms with E-state index in [9.17, 15) is 9.59 Å². The Morgan fingerprint density at radius 2 is 2.14 bits per heavy atom. The van der Waals surface area contributed by atoms with E-state index >= 15 is 0 Å². The van der Waals surface area contributed by atoms with Crippen LogP contribution in [-0.2, 0) is 9.53 Å². The molecular formula is C14H12Cl2N2O4. The zero-order chi connectivity index (χ0) is 16.7. The maximum atomic E-state index is 11.6. The van der Waals surface area contributed by atoms with Gasteiger partial charge in [-0.2, -0.15) is 5.26 Å². The highest BCUT2D eigenvalue weighted by Gasteiger charge is 2.15. The van der Waals surface area contributed by atoms with Crippen molar-refractivity contribution in [3.05, 3.63) is 39.5 Å². The molecule has 0 atom stereocenters. The minimum atomic E-state index is -1.25. The quantitative estimate of drug-likeness (QED) is 0.466. The molecule has 0 aliphatic carbocycles. The van der Waals surface area contributed by atoms with Crippen LogP contribution >= 0.6 is 23.2 Å². The third-order valence-electron chi connectivity index (χ3n) is 2.42. The smallest absolute Gasteiger partial charge is 0.350 e. The number of ether oxygens (including phenoxy) is 1. The van der Waals surface area contributed by atoms with Gasteiger partial charge in [0, 0.05) is 11.2 Å². The van der Waals surface area contributed by atoms with Gasteiger partial charge in [0.25, 0.3) is 0 Å². The second-order valence-electron chi connectivity index (χ2n) is 4.07. The number of carbonyl (C=O) groups is 2. The van der Waals surface area contributed by atoms with Crippen molar-refractivity contribution in [3.63, 3.8) is 0 Å². The number of aromatic carboxylic acids is 1. The van der Waals surface area contributed by atoms with Crippen molar-refractivity contribution in [2.75, 3.05) is 11.9 Å². The molecule has 0 aromatic heterocycles. The van der Waals surface area contributed by atoms with Crippen molar-refractivity contribution in [1.82, 2.24) is 0 Å². The van der Waals surface area contributed by atoms with Gasteiger partial charge in [0.15, 0.2) is 5.57 Å². The van der Waals surface area contributed by atoms with Gasteiger partial charge in [-0.3, -0.25) is 0 Å². The highest BCUT2D eigenvalue weighted by molar-refractivity contribution is 6.38. The Balaban J connectivity index is 3.04. The first-order valence-electron chi connectivity index (χ1n) is 6.17. The molecule has 0 aliphatic heterocycles. The number of esters is 1. The average molecular weight is 343 g/mol. The van der Waals surface area contributed by atoms with Crippen LogP contribution in [0, 0.1) is 11.3 Å². The minimum Gasteiger partial charge on any atom is -0.478 e. The molecule has 2 N–H and O–H groups in total. The number of nitriles is 1. The summed E-state index contributed by atoms with van der Waals surface area (Å²) in [6.45, 7) is 2.01. The number of carboxylic acids is 1. The van der Waals surface area contributed by atoms with E-state index in [1.165, 1.54) is 12.1 Å². The Kier molecular flexibility index (Phi) is 6.70. The van der Waals surface area contributed by atoms with Crippen LogP contribution in [0.15, 0.2) is 23.9 Å². The largest absolute Gasteiger partial charge is 0.478 e. The van der Waals surface area contributed by atoms with Gasteiger partial charge in [0.2, 0.25) is 0 Å². The van der Waals surface area contributed by atoms with Crippen LogP contribution in [0.5, 0.6) is 0 Å². The van der Waals surface area contributed by atoms with Gasteiger partial charge in [0.1, 0.15) is 6.07 Å². The number of carboxylic acid groups (broad SMARTS) is 1. The van der Waals surface area contributed by atoms with E-state index in [0.717, 1.165) is 6.20 Å². The molecule has 0 heterocycles. The molecule has 0 fully saturated rings. The Bertz CT molecular complexity index is 666. The zero-order valence-electron chi connectivity index (χ0n) is 11.5. The number of nitrogens with one attached hydrogen (secondary N) is 1. The molecular weight excluding hydrogens is 331 g/mol. The van der Waals surface area contributed by atoms with E-state index in [2.05, 4.69) is 5.32 Å². The van der Waals surface area contributed by atoms with Crippen molar-refractivity contribution in [2.45, 2.75) is 13.3 Å². The molecule has 22 heavy (non-hydrogen) atoms. The second-order valence-corrected chi connectivity index (χ2v) is 4.88. The Hall–Kier alpha value is -2.23. The lowest BCUT2D eigenvalue weighted by Crippen LogP contribution is -2.09. The normalized spacial score (nSPS) is 10.7. The summed E-state index contributed by atoms with van der Waals surface area (Å²) in [6, 6.07) is 4.25. The van der Waals surface area contributed by atoms with Crippen molar-refractivity contribution in [1.29, 1.82) is 5.26 Å². The maximum absolute atomic E-state index is 11.6. The first-order valence-corrected chi connectivity index (χ1v) is 6.92. The molecule has 8 heteroatoms. The Morgan fingerprint density at radius 3 is 2.68 bits per heavy atom. The second kappa shape index (κ2) is 8.27. The molecule has 0 saturated heterocycles. The molecule has 1 rings (SSSR count). The maximum Gasteiger partial charge on any atom is 0.350 e. The minimum absolute atomic E-state index is 0.0904. The number of hydrogen-bond acceptors (Lipinski definition) is 5.